The first-order chi connectivity index (χ1) is 11.3. The van der Waals surface area contributed by atoms with E-state index in [9.17, 15) is 13.5 Å². The van der Waals surface area contributed by atoms with Crippen LogP contribution in [0.25, 0.3) is 0 Å². The summed E-state index contributed by atoms with van der Waals surface area (Å²) in [5.74, 6) is 1.54. The maximum Gasteiger partial charge on any atom is 0.151 e. The first-order valence-corrected chi connectivity index (χ1v) is 9.84. The molecule has 3 rings (SSSR count). The molecule has 7 nitrogen and oxygen atoms in total. The topological polar surface area (TPSA) is 96.5 Å². The number of hydrogen-bond acceptors (Lipinski definition) is 7. The van der Waals surface area contributed by atoms with Crippen molar-refractivity contribution in [3.05, 3.63) is 41.4 Å². The summed E-state index contributed by atoms with van der Waals surface area (Å²) in [4.78, 5) is 6.34. The monoisotopic (exact) mass is 351 g/mol. The van der Waals surface area contributed by atoms with E-state index in [4.69, 9.17) is 4.52 Å². The molecule has 0 unspecified atom stereocenters. The van der Waals surface area contributed by atoms with Gasteiger partial charge in [0.2, 0.25) is 0 Å². The summed E-state index contributed by atoms with van der Waals surface area (Å²) < 4.78 is 27.9. The fraction of sp³-hybridized carbons (Fsp3) is 0.500. The molecule has 0 radical (unpaired) electrons. The van der Waals surface area contributed by atoms with E-state index >= 15 is 0 Å². The van der Waals surface area contributed by atoms with Crippen LogP contribution in [0.5, 0.6) is 0 Å². The van der Waals surface area contributed by atoms with Gasteiger partial charge in [0.25, 0.3) is 0 Å². The van der Waals surface area contributed by atoms with Crippen molar-refractivity contribution in [3.63, 3.8) is 0 Å². The summed E-state index contributed by atoms with van der Waals surface area (Å²) in [6.07, 6.45) is 2.95. The number of nitrogens with zero attached hydrogens (tertiary/aromatic N) is 3. The first kappa shape index (κ1) is 16.9. The highest BCUT2D eigenvalue weighted by Crippen LogP contribution is 2.26. The Hall–Kier alpha value is -1.93. The van der Waals surface area contributed by atoms with Crippen LogP contribution in [-0.2, 0) is 22.0 Å². The molecular weight excluding hydrogens is 330 g/mol. The molecule has 0 aliphatic carbocycles. The fourth-order valence-corrected chi connectivity index (χ4v) is 3.78. The first-order valence-electron chi connectivity index (χ1n) is 7.78. The maximum absolute atomic E-state index is 11.3. The number of β-amino-alcohol motifs (C(OH)–C–C–N with tert-alkyl or cyclic N) is 1. The van der Waals surface area contributed by atoms with E-state index in [-0.39, 0.29) is 11.7 Å². The maximum atomic E-state index is 11.3. The Kier molecular flexibility index (Phi) is 4.60. The molecule has 2 aromatic rings. The average molecular weight is 351 g/mol. The van der Waals surface area contributed by atoms with Gasteiger partial charge in [0.15, 0.2) is 9.84 Å². The molecule has 0 saturated carbocycles. The van der Waals surface area contributed by atoms with Gasteiger partial charge in [-0.15, -0.1) is 0 Å². The van der Waals surface area contributed by atoms with Crippen LogP contribution in [0.2, 0.25) is 0 Å². The summed E-state index contributed by atoms with van der Waals surface area (Å²) in [6.45, 7) is 3.03. The van der Waals surface area contributed by atoms with E-state index in [1.54, 1.807) is 18.3 Å². The van der Waals surface area contributed by atoms with Gasteiger partial charge in [-0.1, -0.05) is 11.2 Å². The summed E-state index contributed by atoms with van der Waals surface area (Å²) in [5.41, 5.74) is 1.49. The Morgan fingerprint density at radius 3 is 2.75 bits per heavy atom. The predicted octanol–water partition coefficient (Wildman–Crippen LogP) is 0.962. The smallest absolute Gasteiger partial charge is 0.151 e. The third-order valence-corrected chi connectivity index (χ3v) is 4.97. The minimum absolute atomic E-state index is 0.0175. The van der Waals surface area contributed by atoms with E-state index in [0.717, 1.165) is 17.3 Å². The van der Waals surface area contributed by atoms with Gasteiger partial charge < -0.3 is 14.5 Å². The predicted molar refractivity (Wildman–Crippen MR) is 89.4 cm³/mol. The standard InChI is InChI=1S/C16H21N3O4S/c1-11-5-14(23-18-11)6-13-8-19(9-15(13)20)16-4-3-12(7-17-16)10-24(2,21)22/h3-5,7,13,15,20H,6,8-10H2,1-2H3/t13-,15+/m1/s1. The lowest BCUT2D eigenvalue weighted by Crippen LogP contribution is -2.22. The number of pyridine rings is 1. The van der Waals surface area contributed by atoms with E-state index in [0.29, 0.717) is 25.1 Å². The molecule has 0 amide bonds. The summed E-state index contributed by atoms with van der Waals surface area (Å²) in [7, 11) is -3.07. The van der Waals surface area contributed by atoms with Crippen LogP contribution in [0.4, 0.5) is 5.82 Å². The zero-order valence-corrected chi connectivity index (χ0v) is 14.5. The zero-order chi connectivity index (χ0) is 17.3. The third kappa shape index (κ3) is 4.12. The number of aromatic nitrogens is 2. The minimum Gasteiger partial charge on any atom is -0.391 e. The van der Waals surface area contributed by atoms with Crippen LogP contribution in [0.1, 0.15) is 17.0 Å². The molecule has 1 fully saturated rings. The Morgan fingerprint density at radius 1 is 1.38 bits per heavy atom. The number of rotatable bonds is 5. The summed E-state index contributed by atoms with van der Waals surface area (Å²) in [5, 5.41) is 14.2. The Morgan fingerprint density at radius 2 is 2.17 bits per heavy atom. The quantitative estimate of drug-likeness (QED) is 0.857. The second kappa shape index (κ2) is 6.52. The van der Waals surface area contributed by atoms with Gasteiger partial charge in [-0.25, -0.2) is 13.4 Å². The number of hydrogen-bond donors (Lipinski definition) is 1. The van der Waals surface area contributed by atoms with Gasteiger partial charge in [-0.2, -0.15) is 0 Å². The molecule has 0 bridgehead atoms. The Bertz CT molecular complexity index is 801. The van der Waals surface area contributed by atoms with E-state index < -0.39 is 15.9 Å². The van der Waals surface area contributed by atoms with Crippen LogP contribution in [0.3, 0.4) is 0 Å². The molecule has 130 valence electrons. The largest absolute Gasteiger partial charge is 0.391 e. The van der Waals surface area contributed by atoms with Crippen LogP contribution < -0.4 is 4.90 Å². The van der Waals surface area contributed by atoms with Crippen molar-refractivity contribution >= 4 is 15.7 Å². The fourth-order valence-electron chi connectivity index (χ4n) is 3.00. The second-order valence-electron chi connectivity index (χ2n) is 6.47. The molecule has 8 heteroatoms. The minimum atomic E-state index is -3.07. The van der Waals surface area contributed by atoms with Gasteiger partial charge in [0.05, 0.1) is 17.6 Å². The van der Waals surface area contributed by atoms with Crippen molar-refractivity contribution in [2.24, 2.45) is 5.92 Å². The van der Waals surface area contributed by atoms with Gasteiger partial charge in [-0.3, -0.25) is 0 Å². The number of aliphatic hydroxyl groups is 1. The zero-order valence-electron chi connectivity index (χ0n) is 13.7. The highest BCUT2D eigenvalue weighted by Gasteiger charge is 2.33. The Balaban J connectivity index is 1.65. The average Bonchev–Trinajstić information content (AvgIpc) is 3.05. The number of anilines is 1. The van der Waals surface area contributed by atoms with Crippen molar-refractivity contribution < 1.29 is 18.0 Å². The molecule has 0 aromatic carbocycles. The molecule has 1 N–H and O–H groups in total. The van der Waals surface area contributed by atoms with Crippen molar-refractivity contribution in [2.45, 2.75) is 25.2 Å². The number of sulfone groups is 1. The normalized spacial score (nSPS) is 21.4. The van der Waals surface area contributed by atoms with Gasteiger partial charge >= 0.3 is 0 Å². The van der Waals surface area contributed by atoms with E-state index in [2.05, 4.69) is 10.1 Å². The van der Waals surface area contributed by atoms with Crippen molar-refractivity contribution in [1.29, 1.82) is 0 Å². The molecule has 24 heavy (non-hydrogen) atoms. The molecule has 1 aliphatic rings. The molecular formula is C16H21N3O4S. The van der Waals surface area contributed by atoms with Crippen molar-refractivity contribution in [2.75, 3.05) is 24.2 Å². The molecule has 3 heterocycles. The van der Waals surface area contributed by atoms with E-state index in [1.165, 1.54) is 6.26 Å². The lowest BCUT2D eigenvalue weighted by molar-refractivity contribution is 0.143. The molecule has 1 aliphatic heterocycles. The molecule has 2 aromatic heterocycles. The molecule has 0 spiro atoms. The van der Waals surface area contributed by atoms with Crippen LogP contribution in [0.15, 0.2) is 28.9 Å². The number of aryl methyl sites for hydroxylation is 1. The SMILES string of the molecule is Cc1cc(C[C@@H]2CN(c3ccc(CS(C)(=O)=O)cn3)C[C@@H]2O)on1. The van der Waals surface area contributed by atoms with Crippen LogP contribution in [-0.4, -0.2) is 49.1 Å². The lowest BCUT2D eigenvalue weighted by Gasteiger charge is -2.17. The second-order valence-corrected chi connectivity index (χ2v) is 8.61. The van der Waals surface area contributed by atoms with Gasteiger partial charge in [0, 0.05) is 43.9 Å². The Labute approximate surface area is 141 Å². The van der Waals surface area contributed by atoms with Crippen LogP contribution >= 0.6 is 0 Å². The number of aliphatic hydroxyl groups excluding tert-OH is 1. The highest BCUT2D eigenvalue weighted by molar-refractivity contribution is 7.89. The van der Waals surface area contributed by atoms with Gasteiger partial charge in [-0.05, 0) is 18.6 Å². The third-order valence-electron chi connectivity index (χ3n) is 4.11. The lowest BCUT2D eigenvalue weighted by atomic mass is 10.0. The van der Waals surface area contributed by atoms with Crippen LogP contribution in [0, 0.1) is 12.8 Å². The summed E-state index contributed by atoms with van der Waals surface area (Å²) in [6, 6.07) is 5.45. The van der Waals surface area contributed by atoms with Crippen molar-refractivity contribution in [3.8, 4) is 0 Å². The van der Waals surface area contributed by atoms with Gasteiger partial charge in [0.1, 0.15) is 11.6 Å². The molecule has 2 atom stereocenters. The highest BCUT2D eigenvalue weighted by atomic mass is 32.2. The molecule has 1 saturated heterocycles. The van der Waals surface area contributed by atoms with Crippen molar-refractivity contribution in [1.82, 2.24) is 10.1 Å². The van der Waals surface area contributed by atoms with E-state index in [1.807, 2.05) is 17.9 Å². The summed E-state index contributed by atoms with van der Waals surface area (Å²) >= 11 is 0.